The van der Waals surface area contributed by atoms with Gasteiger partial charge in [0.15, 0.2) is 5.96 Å². The first-order chi connectivity index (χ1) is 8.65. The normalized spacial score (nSPS) is 20.5. The van der Waals surface area contributed by atoms with Crippen molar-refractivity contribution in [2.45, 2.75) is 46.6 Å². The standard InChI is InChI=1S/C14H30N4.HI/c1-5-8-18-9-7-13(11-18)10-16-14(15-6-2)17-12(3)4;/h12-13H,5-11H2,1-4H3,(H2,15,16,17);1H. The number of nitrogens with zero attached hydrogens (tertiary/aromatic N) is 2. The van der Waals surface area contributed by atoms with E-state index in [2.05, 4.69) is 43.2 Å². The summed E-state index contributed by atoms with van der Waals surface area (Å²) in [5.41, 5.74) is 0. The third kappa shape index (κ3) is 7.97. The molecule has 0 bridgehead atoms. The molecule has 0 aromatic rings. The predicted molar refractivity (Wildman–Crippen MR) is 94.5 cm³/mol. The Balaban J connectivity index is 0.00000324. The lowest BCUT2D eigenvalue weighted by molar-refractivity contribution is 0.326. The van der Waals surface area contributed by atoms with Gasteiger partial charge in [-0.3, -0.25) is 4.99 Å². The van der Waals surface area contributed by atoms with Gasteiger partial charge in [0.2, 0.25) is 0 Å². The quantitative estimate of drug-likeness (QED) is 0.421. The van der Waals surface area contributed by atoms with Crippen LogP contribution in [0.5, 0.6) is 0 Å². The van der Waals surface area contributed by atoms with Gasteiger partial charge in [0, 0.05) is 25.7 Å². The molecule has 1 aliphatic heterocycles. The van der Waals surface area contributed by atoms with E-state index in [-0.39, 0.29) is 24.0 Å². The average Bonchev–Trinajstić information content (AvgIpc) is 2.74. The van der Waals surface area contributed by atoms with E-state index in [0.29, 0.717) is 6.04 Å². The molecule has 0 amide bonds. The van der Waals surface area contributed by atoms with Crippen LogP contribution >= 0.6 is 24.0 Å². The third-order valence-corrected chi connectivity index (χ3v) is 3.19. The molecule has 0 aromatic carbocycles. The molecule has 1 heterocycles. The summed E-state index contributed by atoms with van der Waals surface area (Å²) in [6.07, 6.45) is 2.55. The molecule has 1 atom stereocenters. The Morgan fingerprint density at radius 1 is 1.37 bits per heavy atom. The highest BCUT2D eigenvalue weighted by atomic mass is 127. The van der Waals surface area contributed by atoms with E-state index in [1.807, 2.05) is 0 Å². The molecule has 114 valence electrons. The van der Waals surface area contributed by atoms with Gasteiger partial charge in [0.1, 0.15) is 0 Å². The van der Waals surface area contributed by atoms with Crippen LogP contribution in [0.3, 0.4) is 0 Å². The maximum atomic E-state index is 4.70. The molecule has 1 unspecified atom stereocenters. The summed E-state index contributed by atoms with van der Waals surface area (Å²) in [6, 6.07) is 0.433. The van der Waals surface area contributed by atoms with Gasteiger partial charge in [-0.05, 0) is 52.6 Å². The molecule has 1 fully saturated rings. The van der Waals surface area contributed by atoms with E-state index < -0.39 is 0 Å². The van der Waals surface area contributed by atoms with Crippen molar-refractivity contribution in [3.8, 4) is 0 Å². The minimum Gasteiger partial charge on any atom is -0.357 e. The second-order valence-corrected chi connectivity index (χ2v) is 5.47. The Morgan fingerprint density at radius 2 is 2.11 bits per heavy atom. The topological polar surface area (TPSA) is 39.7 Å². The van der Waals surface area contributed by atoms with Gasteiger partial charge < -0.3 is 15.5 Å². The second-order valence-electron chi connectivity index (χ2n) is 5.47. The molecule has 0 radical (unpaired) electrons. The molecule has 0 aromatic heterocycles. The minimum absolute atomic E-state index is 0. The van der Waals surface area contributed by atoms with Crippen molar-refractivity contribution in [2.24, 2.45) is 10.9 Å². The maximum absolute atomic E-state index is 4.70. The van der Waals surface area contributed by atoms with E-state index in [4.69, 9.17) is 4.99 Å². The molecular formula is C14H31IN4. The van der Waals surface area contributed by atoms with Crippen LogP contribution in [0.15, 0.2) is 4.99 Å². The molecule has 1 saturated heterocycles. The van der Waals surface area contributed by atoms with Gasteiger partial charge in [0.25, 0.3) is 0 Å². The smallest absolute Gasteiger partial charge is 0.191 e. The Morgan fingerprint density at radius 3 is 2.68 bits per heavy atom. The molecule has 1 aliphatic rings. The second kappa shape index (κ2) is 10.7. The minimum atomic E-state index is 0. The van der Waals surface area contributed by atoms with Crippen LogP contribution < -0.4 is 10.6 Å². The van der Waals surface area contributed by atoms with Crippen molar-refractivity contribution in [3.05, 3.63) is 0 Å². The molecule has 19 heavy (non-hydrogen) atoms. The van der Waals surface area contributed by atoms with E-state index in [0.717, 1.165) is 25.0 Å². The number of rotatable bonds is 6. The van der Waals surface area contributed by atoms with E-state index in [9.17, 15) is 0 Å². The van der Waals surface area contributed by atoms with E-state index in [1.165, 1.54) is 32.5 Å². The van der Waals surface area contributed by atoms with E-state index >= 15 is 0 Å². The van der Waals surface area contributed by atoms with Crippen molar-refractivity contribution in [1.82, 2.24) is 15.5 Å². The average molecular weight is 382 g/mol. The van der Waals surface area contributed by atoms with Gasteiger partial charge >= 0.3 is 0 Å². The number of nitrogens with one attached hydrogen (secondary N) is 2. The van der Waals surface area contributed by atoms with Crippen LogP contribution in [-0.2, 0) is 0 Å². The summed E-state index contributed by atoms with van der Waals surface area (Å²) in [7, 11) is 0. The molecule has 0 saturated carbocycles. The Kier molecular flexibility index (Phi) is 10.7. The zero-order chi connectivity index (χ0) is 13.4. The number of likely N-dealkylation sites (tertiary alicyclic amines) is 1. The summed E-state index contributed by atoms with van der Waals surface area (Å²) in [5, 5.41) is 6.67. The first kappa shape index (κ1) is 19.0. The van der Waals surface area contributed by atoms with Crippen LogP contribution in [0.4, 0.5) is 0 Å². The first-order valence-corrected chi connectivity index (χ1v) is 7.42. The number of hydrogen-bond donors (Lipinski definition) is 2. The molecule has 2 N–H and O–H groups in total. The number of halogens is 1. The van der Waals surface area contributed by atoms with Crippen molar-refractivity contribution < 1.29 is 0 Å². The van der Waals surface area contributed by atoms with Crippen molar-refractivity contribution in [2.75, 3.05) is 32.7 Å². The molecule has 0 aliphatic carbocycles. The highest BCUT2D eigenvalue weighted by Crippen LogP contribution is 2.16. The number of hydrogen-bond acceptors (Lipinski definition) is 2. The Labute approximate surface area is 135 Å². The molecule has 5 heteroatoms. The highest BCUT2D eigenvalue weighted by Gasteiger charge is 2.21. The summed E-state index contributed by atoms with van der Waals surface area (Å²) >= 11 is 0. The van der Waals surface area contributed by atoms with Gasteiger partial charge in [-0.1, -0.05) is 6.92 Å². The summed E-state index contributed by atoms with van der Waals surface area (Å²) in [6.45, 7) is 14.2. The Hall–Kier alpha value is -0.0400. The third-order valence-electron chi connectivity index (χ3n) is 3.19. The van der Waals surface area contributed by atoms with Gasteiger partial charge in [-0.15, -0.1) is 24.0 Å². The fourth-order valence-corrected chi connectivity index (χ4v) is 2.40. The monoisotopic (exact) mass is 382 g/mol. The zero-order valence-electron chi connectivity index (χ0n) is 12.9. The number of guanidine groups is 1. The Bertz CT molecular complexity index is 256. The first-order valence-electron chi connectivity index (χ1n) is 7.42. The van der Waals surface area contributed by atoms with E-state index in [1.54, 1.807) is 0 Å². The van der Waals surface area contributed by atoms with Crippen LogP contribution in [0.1, 0.15) is 40.5 Å². The molecule has 1 rings (SSSR count). The van der Waals surface area contributed by atoms with Crippen LogP contribution in [0.25, 0.3) is 0 Å². The van der Waals surface area contributed by atoms with Crippen LogP contribution in [0, 0.1) is 5.92 Å². The summed E-state index contributed by atoms with van der Waals surface area (Å²) in [4.78, 5) is 7.26. The fraction of sp³-hybridized carbons (Fsp3) is 0.929. The lowest BCUT2D eigenvalue weighted by Crippen LogP contribution is -2.41. The highest BCUT2D eigenvalue weighted by molar-refractivity contribution is 14.0. The SMILES string of the molecule is CCCN1CCC(CN=C(NCC)NC(C)C)C1.I. The van der Waals surface area contributed by atoms with Gasteiger partial charge in [0.05, 0.1) is 0 Å². The molecule has 4 nitrogen and oxygen atoms in total. The van der Waals surface area contributed by atoms with Gasteiger partial charge in [-0.25, -0.2) is 0 Å². The summed E-state index contributed by atoms with van der Waals surface area (Å²) in [5.74, 6) is 1.70. The number of aliphatic imine (C=N–C) groups is 1. The molecular weight excluding hydrogens is 351 g/mol. The molecule has 0 spiro atoms. The lowest BCUT2D eigenvalue weighted by atomic mass is 10.1. The fourth-order valence-electron chi connectivity index (χ4n) is 2.40. The van der Waals surface area contributed by atoms with Crippen LogP contribution in [0.2, 0.25) is 0 Å². The zero-order valence-corrected chi connectivity index (χ0v) is 15.2. The van der Waals surface area contributed by atoms with Crippen LogP contribution in [-0.4, -0.2) is 49.6 Å². The maximum Gasteiger partial charge on any atom is 0.191 e. The van der Waals surface area contributed by atoms with Crippen molar-refractivity contribution in [3.63, 3.8) is 0 Å². The van der Waals surface area contributed by atoms with Crippen molar-refractivity contribution >= 4 is 29.9 Å². The largest absolute Gasteiger partial charge is 0.357 e. The van der Waals surface area contributed by atoms with Crippen molar-refractivity contribution in [1.29, 1.82) is 0 Å². The lowest BCUT2D eigenvalue weighted by Gasteiger charge is -2.16. The summed E-state index contributed by atoms with van der Waals surface area (Å²) < 4.78 is 0. The predicted octanol–water partition coefficient (Wildman–Crippen LogP) is 2.30. The van der Waals surface area contributed by atoms with Gasteiger partial charge in [-0.2, -0.15) is 0 Å².